The van der Waals surface area contributed by atoms with Crippen molar-refractivity contribution in [2.45, 2.75) is 31.8 Å². The second-order valence-electron chi connectivity index (χ2n) is 8.12. The molecular formula is C24H25N3O2. The lowest BCUT2D eigenvalue weighted by molar-refractivity contribution is -0.134. The number of hydrogen-bond acceptors (Lipinski definition) is 2. The third kappa shape index (κ3) is 2.68. The smallest absolute Gasteiger partial charge is 0.255 e. The van der Waals surface area contributed by atoms with E-state index in [1.807, 2.05) is 55.3 Å². The zero-order chi connectivity index (χ0) is 20.1. The Labute approximate surface area is 170 Å². The summed E-state index contributed by atoms with van der Waals surface area (Å²) in [6, 6.07) is 15.2. The monoisotopic (exact) mass is 387 g/mol. The number of benzene rings is 2. The van der Waals surface area contributed by atoms with Gasteiger partial charge in [0.25, 0.3) is 5.91 Å². The fourth-order valence-electron chi connectivity index (χ4n) is 4.96. The number of nitrogens with zero attached hydrogens (tertiary/aromatic N) is 3. The molecule has 2 amide bonds. The minimum Gasteiger partial charge on any atom is -0.350 e. The highest BCUT2D eigenvalue weighted by atomic mass is 16.2. The number of aryl methyl sites for hydroxylation is 1. The summed E-state index contributed by atoms with van der Waals surface area (Å²) in [5.41, 5.74) is 3.88. The van der Waals surface area contributed by atoms with Crippen LogP contribution in [-0.4, -0.2) is 45.3 Å². The zero-order valence-corrected chi connectivity index (χ0v) is 16.8. The maximum atomic E-state index is 13.4. The summed E-state index contributed by atoms with van der Waals surface area (Å²) in [6.07, 6.45) is 4.18. The molecule has 5 nitrogen and oxygen atoms in total. The Kier molecular flexibility index (Phi) is 4.19. The van der Waals surface area contributed by atoms with Gasteiger partial charge in [-0.05, 0) is 37.5 Å². The Balaban J connectivity index is 1.65. The molecule has 2 aromatic carbocycles. The predicted octanol–water partition coefficient (Wildman–Crippen LogP) is 3.73. The second-order valence-corrected chi connectivity index (χ2v) is 8.12. The van der Waals surface area contributed by atoms with Crippen LogP contribution in [0.15, 0.2) is 54.7 Å². The highest BCUT2D eigenvalue weighted by Gasteiger charge is 2.44. The van der Waals surface area contributed by atoms with E-state index in [1.165, 1.54) is 0 Å². The predicted molar refractivity (Wildman–Crippen MR) is 113 cm³/mol. The van der Waals surface area contributed by atoms with Crippen molar-refractivity contribution in [2.75, 3.05) is 13.1 Å². The van der Waals surface area contributed by atoms with Crippen LogP contribution >= 0.6 is 0 Å². The van der Waals surface area contributed by atoms with E-state index < -0.39 is 6.04 Å². The number of para-hydroxylation sites is 1. The van der Waals surface area contributed by atoms with Crippen LogP contribution < -0.4 is 0 Å². The zero-order valence-electron chi connectivity index (χ0n) is 16.8. The lowest BCUT2D eigenvalue weighted by Gasteiger charge is -2.33. The van der Waals surface area contributed by atoms with Crippen LogP contribution in [-0.2, 0) is 11.8 Å². The summed E-state index contributed by atoms with van der Waals surface area (Å²) in [5, 5.41) is 1.12. The van der Waals surface area contributed by atoms with Crippen LogP contribution in [0.25, 0.3) is 10.9 Å². The Morgan fingerprint density at radius 1 is 1.00 bits per heavy atom. The van der Waals surface area contributed by atoms with Crippen LogP contribution in [0.2, 0.25) is 0 Å². The number of hydrogen-bond donors (Lipinski definition) is 0. The molecule has 1 saturated heterocycles. The van der Waals surface area contributed by atoms with E-state index in [9.17, 15) is 9.59 Å². The van der Waals surface area contributed by atoms with Gasteiger partial charge < -0.3 is 14.4 Å². The Morgan fingerprint density at radius 3 is 2.48 bits per heavy atom. The number of fused-ring (bicyclic) bond motifs is 2. The van der Waals surface area contributed by atoms with Gasteiger partial charge in [0.2, 0.25) is 5.91 Å². The van der Waals surface area contributed by atoms with Gasteiger partial charge in [-0.1, -0.05) is 36.4 Å². The van der Waals surface area contributed by atoms with Crippen molar-refractivity contribution in [1.29, 1.82) is 0 Å². The molecule has 0 radical (unpaired) electrons. The van der Waals surface area contributed by atoms with Crippen LogP contribution in [0.3, 0.4) is 0 Å². The largest absolute Gasteiger partial charge is 0.350 e. The van der Waals surface area contributed by atoms with Crippen LogP contribution in [0.4, 0.5) is 0 Å². The molecule has 2 atom stereocenters. The first-order valence-electron chi connectivity index (χ1n) is 10.3. The molecule has 29 heavy (non-hydrogen) atoms. The van der Waals surface area contributed by atoms with E-state index in [2.05, 4.69) is 22.9 Å². The van der Waals surface area contributed by atoms with Gasteiger partial charge in [0.15, 0.2) is 0 Å². The molecular weight excluding hydrogens is 362 g/mol. The highest BCUT2D eigenvalue weighted by molar-refractivity contribution is 6.03. The van der Waals surface area contributed by atoms with Crippen molar-refractivity contribution < 1.29 is 9.59 Å². The van der Waals surface area contributed by atoms with E-state index in [-0.39, 0.29) is 17.9 Å². The molecule has 1 aromatic heterocycles. The quantitative estimate of drug-likeness (QED) is 0.687. The molecule has 2 aliphatic heterocycles. The second kappa shape index (κ2) is 6.76. The molecule has 0 bridgehead atoms. The molecule has 3 heterocycles. The van der Waals surface area contributed by atoms with E-state index in [0.717, 1.165) is 48.0 Å². The fraction of sp³-hybridized carbons (Fsp3) is 0.333. The Hall–Kier alpha value is -3.08. The Morgan fingerprint density at radius 2 is 1.69 bits per heavy atom. The molecule has 0 unspecified atom stereocenters. The number of carbonyl (C=O) groups is 2. The summed E-state index contributed by atoms with van der Waals surface area (Å²) < 4.78 is 2.10. The number of carbonyl (C=O) groups excluding carboxylic acids is 2. The van der Waals surface area contributed by atoms with E-state index in [1.54, 1.807) is 4.90 Å². The van der Waals surface area contributed by atoms with Crippen LogP contribution in [0.5, 0.6) is 0 Å². The Bertz CT molecular complexity index is 1110. The van der Waals surface area contributed by atoms with Crippen molar-refractivity contribution >= 4 is 22.7 Å². The maximum absolute atomic E-state index is 13.4. The summed E-state index contributed by atoms with van der Waals surface area (Å²) >= 11 is 0. The summed E-state index contributed by atoms with van der Waals surface area (Å²) in [7, 11) is 2.03. The molecule has 0 saturated carbocycles. The van der Waals surface area contributed by atoms with Gasteiger partial charge in [0.1, 0.15) is 6.04 Å². The molecule has 148 valence electrons. The molecule has 5 rings (SSSR count). The third-order valence-electron chi connectivity index (χ3n) is 6.41. The van der Waals surface area contributed by atoms with Gasteiger partial charge in [-0.15, -0.1) is 0 Å². The summed E-state index contributed by atoms with van der Waals surface area (Å²) in [5.74, 6) is -0.00697. The molecule has 1 fully saturated rings. The van der Waals surface area contributed by atoms with Crippen molar-refractivity contribution in [3.05, 3.63) is 71.4 Å². The maximum Gasteiger partial charge on any atom is 0.255 e. The van der Waals surface area contributed by atoms with Gasteiger partial charge in [-0.3, -0.25) is 9.59 Å². The summed E-state index contributed by atoms with van der Waals surface area (Å²) in [6.45, 7) is 3.46. The van der Waals surface area contributed by atoms with Gasteiger partial charge in [0, 0.05) is 48.4 Å². The first kappa shape index (κ1) is 18.0. The van der Waals surface area contributed by atoms with Gasteiger partial charge in [-0.25, -0.2) is 0 Å². The van der Waals surface area contributed by atoms with Crippen molar-refractivity contribution in [3.8, 4) is 0 Å². The minimum atomic E-state index is -0.503. The molecule has 0 N–H and O–H groups in total. The van der Waals surface area contributed by atoms with Crippen molar-refractivity contribution in [2.24, 2.45) is 7.05 Å². The SMILES string of the molecule is C[C@@H](C(=O)N1CCCC1)N1C(=O)c2ccccc2[C@H]1c1cn(C)c2ccccc12. The average molecular weight is 387 g/mol. The van der Waals surface area contributed by atoms with Crippen LogP contribution in [0.1, 0.15) is 47.3 Å². The van der Waals surface area contributed by atoms with Crippen LogP contribution in [0, 0.1) is 0 Å². The summed E-state index contributed by atoms with van der Waals surface area (Å²) in [4.78, 5) is 30.3. The van der Waals surface area contributed by atoms with Crippen molar-refractivity contribution in [3.63, 3.8) is 0 Å². The van der Waals surface area contributed by atoms with Gasteiger partial charge in [0.05, 0.1) is 6.04 Å². The molecule has 2 aliphatic rings. The fourth-order valence-corrected chi connectivity index (χ4v) is 4.96. The molecule has 5 heteroatoms. The number of likely N-dealkylation sites (tertiary alicyclic amines) is 1. The van der Waals surface area contributed by atoms with Gasteiger partial charge in [-0.2, -0.15) is 0 Å². The number of rotatable bonds is 3. The lowest BCUT2D eigenvalue weighted by Crippen LogP contribution is -2.47. The van der Waals surface area contributed by atoms with Crippen molar-refractivity contribution in [1.82, 2.24) is 14.4 Å². The van der Waals surface area contributed by atoms with E-state index in [0.29, 0.717) is 5.56 Å². The minimum absolute atomic E-state index is 0.0499. The topological polar surface area (TPSA) is 45.6 Å². The normalized spacial score (nSPS) is 19.8. The molecule has 0 spiro atoms. The number of amides is 2. The number of aromatic nitrogens is 1. The van der Waals surface area contributed by atoms with Gasteiger partial charge >= 0.3 is 0 Å². The lowest BCUT2D eigenvalue weighted by atomic mass is 9.97. The molecule has 3 aromatic rings. The first-order valence-corrected chi connectivity index (χ1v) is 10.3. The highest BCUT2D eigenvalue weighted by Crippen LogP contribution is 2.43. The standard InChI is InChI=1S/C24H25N3O2/c1-16(23(28)26-13-7-8-14-26)27-22(18-10-3-4-11-19(18)24(27)29)20-15-25(2)21-12-6-5-9-17(20)21/h3-6,9-12,15-16,22H,7-8,13-14H2,1-2H3/t16-,22-/m0/s1. The third-order valence-corrected chi connectivity index (χ3v) is 6.41. The average Bonchev–Trinajstić information content (AvgIpc) is 3.45. The first-order chi connectivity index (χ1) is 14.1. The van der Waals surface area contributed by atoms with E-state index >= 15 is 0 Å². The molecule has 0 aliphatic carbocycles. The van der Waals surface area contributed by atoms with E-state index in [4.69, 9.17) is 0 Å².